The highest BCUT2D eigenvalue weighted by molar-refractivity contribution is 7.80. The number of hydrogen-bond acceptors (Lipinski definition) is 10. The number of hydrogen-bond donors (Lipinski definition) is 2. The van der Waals surface area contributed by atoms with Gasteiger partial charge in [0.25, 0.3) is 0 Å². The average Bonchev–Trinajstić information content (AvgIpc) is 2.99. The topological polar surface area (TPSA) is 164 Å². The van der Waals surface area contributed by atoms with Crippen LogP contribution in [0.15, 0.2) is 34.5 Å². The van der Waals surface area contributed by atoms with E-state index in [4.69, 9.17) is 36.9 Å². The number of nitrogens with two attached hydrogens (primary N) is 1. The Kier molecular flexibility index (Phi) is 7.23. The van der Waals surface area contributed by atoms with Gasteiger partial charge in [-0.25, -0.2) is 0 Å². The van der Waals surface area contributed by atoms with Gasteiger partial charge in [0.1, 0.15) is 0 Å². The highest BCUT2D eigenvalue weighted by Crippen LogP contribution is 2.44. The molecule has 33 heavy (non-hydrogen) atoms. The molecule has 1 aromatic heterocycles. The molecule has 0 bridgehead atoms. The number of aromatic nitrogens is 1. The first-order valence-corrected chi connectivity index (χ1v) is 10.2. The van der Waals surface area contributed by atoms with Gasteiger partial charge in [0.2, 0.25) is 11.0 Å². The summed E-state index contributed by atoms with van der Waals surface area (Å²) in [5.74, 6) is -2.43. The van der Waals surface area contributed by atoms with Gasteiger partial charge in [0.15, 0.2) is 30.2 Å². The van der Waals surface area contributed by atoms with E-state index in [1.54, 1.807) is 24.3 Å². The second kappa shape index (κ2) is 9.92. The van der Waals surface area contributed by atoms with Crippen molar-refractivity contribution in [2.45, 2.75) is 45.3 Å². The number of thiocarbonyl (C=S) groups is 1. The van der Waals surface area contributed by atoms with Crippen molar-refractivity contribution in [1.29, 1.82) is 0 Å². The van der Waals surface area contributed by atoms with Crippen LogP contribution in [0.1, 0.15) is 27.0 Å². The van der Waals surface area contributed by atoms with Crippen LogP contribution in [-0.4, -0.2) is 57.6 Å². The molecule has 176 valence electrons. The molecule has 1 aromatic carbocycles. The molecule has 2 heterocycles. The number of rotatable bonds is 5. The van der Waals surface area contributed by atoms with Crippen LogP contribution < -0.4 is 5.73 Å². The Hall–Kier alpha value is -3.58. The first-order chi connectivity index (χ1) is 15.6. The van der Waals surface area contributed by atoms with Crippen LogP contribution in [0, 0.1) is 0 Å². The Balaban J connectivity index is 2.16. The molecule has 12 nitrogen and oxygen atoms in total. The molecule has 1 saturated heterocycles. The number of ether oxygens (including phenoxy) is 4. The van der Waals surface area contributed by atoms with Gasteiger partial charge in [0.05, 0.1) is 12.1 Å². The van der Waals surface area contributed by atoms with Crippen LogP contribution >= 0.6 is 12.2 Å². The highest BCUT2D eigenvalue weighted by atomic mass is 32.1. The molecular formula is C20H22N4O8S. The van der Waals surface area contributed by atoms with E-state index in [0.717, 1.165) is 13.8 Å². The van der Waals surface area contributed by atoms with Crippen molar-refractivity contribution in [1.82, 2.24) is 4.57 Å². The van der Waals surface area contributed by atoms with E-state index in [0.29, 0.717) is 10.9 Å². The fraction of sp³-hybridized carbons (Fsp3) is 0.400. The first kappa shape index (κ1) is 24.1. The third-order valence-corrected chi connectivity index (χ3v) is 4.77. The second-order valence-electron chi connectivity index (χ2n) is 7.12. The third kappa shape index (κ3) is 5.26. The summed E-state index contributed by atoms with van der Waals surface area (Å²) in [5, 5.41) is 18.8. The lowest BCUT2D eigenvalue weighted by Crippen LogP contribution is -2.55. The summed E-state index contributed by atoms with van der Waals surface area (Å²) < 4.78 is 23.2. The van der Waals surface area contributed by atoms with Gasteiger partial charge < -0.3 is 29.8 Å². The van der Waals surface area contributed by atoms with Gasteiger partial charge in [-0.05, 0) is 18.3 Å². The summed E-state index contributed by atoms with van der Waals surface area (Å²) in [6.45, 7) is 3.29. The molecule has 1 aliphatic heterocycles. The van der Waals surface area contributed by atoms with Gasteiger partial charge in [-0.15, -0.1) is 10.2 Å². The monoisotopic (exact) mass is 478 g/mol. The van der Waals surface area contributed by atoms with Crippen molar-refractivity contribution in [3.05, 3.63) is 24.3 Å². The number of esters is 3. The van der Waals surface area contributed by atoms with Gasteiger partial charge in [0, 0.05) is 26.2 Å². The number of nitrogens with zero attached hydrogens (tertiary/aromatic N) is 3. The Morgan fingerprint density at radius 1 is 1.09 bits per heavy atom. The molecule has 4 atom stereocenters. The summed E-state index contributed by atoms with van der Waals surface area (Å²) in [6, 6.07) is 6.77. The lowest BCUT2D eigenvalue weighted by Gasteiger charge is -2.41. The van der Waals surface area contributed by atoms with Crippen molar-refractivity contribution >= 4 is 51.8 Å². The van der Waals surface area contributed by atoms with Crippen LogP contribution in [0.4, 0.5) is 5.69 Å². The molecular weight excluding hydrogens is 456 g/mol. The maximum atomic E-state index is 11.9. The lowest BCUT2D eigenvalue weighted by atomic mass is 10.0. The number of para-hydroxylation sites is 1. The smallest absolute Gasteiger partial charge is 0.303 e. The Morgan fingerprint density at radius 3 is 2.30 bits per heavy atom. The molecule has 0 spiro atoms. The second-order valence-corrected chi connectivity index (χ2v) is 7.54. The predicted octanol–water partition coefficient (Wildman–Crippen LogP) is 2.00. The maximum Gasteiger partial charge on any atom is 0.303 e. The van der Waals surface area contributed by atoms with E-state index in [-0.39, 0.29) is 23.3 Å². The summed E-state index contributed by atoms with van der Waals surface area (Å²) in [5.41, 5.74) is 5.89. The zero-order valence-corrected chi connectivity index (χ0v) is 18.8. The van der Waals surface area contributed by atoms with Gasteiger partial charge in [-0.1, -0.05) is 18.2 Å². The SMILES string of the molecule is CC(=O)OC1COC(n2c(O)c(N=NC(N)=S)c3ccccc32)C(OC(C)=O)C1OC(C)=O. The van der Waals surface area contributed by atoms with Crippen molar-refractivity contribution in [3.63, 3.8) is 0 Å². The number of aromatic hydroxyl groups is 1. The first-order valence-electron chi connectivity index (χ1n) is 9.76. The number of carbonyl (C=O) groups is 3. The Labute approximate surface area is 193 Å². The van der Waals surface area contributed by atoms with Crippen molar-refractivity contribution in [2.24, 2.45) is 16.0 Å². The van der Waals surface area contributed by atoms with Crippen molar-refractivity contribution < 1.29 is 38.4 Å². The van der Waals surface area contributed by atoms with E-state index in [1.807, 2.05) is 0 Å². The molecule has 4 unspecified atom stereocenters. The molecule has 0 amide bonds. The van der Waals surface area contributed by atoms with E-state index < -0.39 is 42.4 Å². The summed E-state index contributed by atoms with van der Waals surface area (Å²) in [6.07, 6.45) is -4.73. The van der Waals surface area contributed by atoms with Gasteiger partial charge in [-0.3, -0.25) is 19.0 Å². The van der Waals surface area contributed by atoms with Crippen LogP contribution in [0.5, 0.6) is 5.88 Å². The summed E-state index contributed by atoms with van der Waals surface area (Å²) in [7, 11) is 0. The maximum absolute atomic E-state index is 11.9. The molecule has 0 saturated carbocycles. The molecule has 3 rings (SSSR count). The van der Waals surface area contributed by atoms with Crippen molar-refractivity contribution in [2.75, 3.05) is 6.61 Å². The number of fused-ring (bicyclic) bond motifs is 1. The minimum atomic E-state index is -1.29. The van der Waals surface area contributed by atoms with Crippen LogP contribution in [0.2, 0.25) is 0 Å². The molecule has 2 aromatic rings. The minimum absolute atomic E-state index is 0.0507. The fourth-order valence-electron chi connectivity index (χ4n) is 3.63. The number of azo groups is 1. The standard InChI is InChI=1S/C20H22N4O8S/c1-9(25)30-14-8-29-19(17(32-11(3)27)16(14)31-10(2)26)24-13-7-5-4-6-12(13)15(18(24)28)22-23-20(21)33/h4-7,14,16-17,19,28H,8H2,1-3H3,(H2,21,33). The van der Waals surface area contributed by atoms with E-state index >= 15 is 0 Å². The molecule has 3 N–H and O–H groups in total. The zero-order chi connectivity index (χ0) is 24.3. The Bertz CT molecular complexity index is 1130. The third-order valence-electron chi connectivity index (χ3n) is 4.69. The minimum Gasteiger partial charge on any atom is -0.493 e. The fourth-order valence-corrected chi connectivity index (χ4v) is 3.67. The number of benzene rings is 1. The average molecular weight is 478 g/mol. The highest BCUT2D eigenvalue weighted by Gasteiger charge is 2.48. The van der Waals surface area contributed by atoms with Crippen LogP contribution in [0.25, 0.3) is 10.9 Å². The lowest BCUT2D eigenvalue weighted by molar-refractivity contribution is -0.239. The zero-order valence-electron chi connectivity index (χ0n) is 18.0. The normalized spacial score (nSPS) is 22.8. The molecule has 0 aliphatic carbocycles. The molecule has 13 heteroatoms. The molecule has 1 aliphatic rings. The predicted molar refractivity (Wildman–Crippen MR) is 117 cm³/mol. The van der Waals surface area contributed by atoms with E-state index in [2.05, 4.69) is 10.2 Å². The van der Waals surface area contributed by atoms with Gasteiger partial charge >= 0.3 is 17.9 Å². The summed E-state index contributed by atoms with van der Waals surface area (Å²) in [4.78, 5) is 35.3. The van der Waals surface area contributed by atoms with Crippen LogP contribution in [-0.2, 0) is 33.3 Å². The van der Waals surface area contributed by atoms with Crippen molar-refractivity contribution in [3.8, 4) is 5.88 Å². The molecule has 0 radical (unpaired) electrons. The van der Waals surface area contributed by atoms with E-state index in [9.17, 15) is 19.5 Å². The largest absolute Gasteiger partial charge is 0.493 e. The van der Waals surface area contributed by atoms with E-state index in [1.165, 1.54) is 11.5 Å². The quantitative estimate of drug-likeness (QED) is 0.281. The van der Waals surface area contributed by atoms with Crippen LogP contribution in [0.3, 0.4) is 0 Å². The van der Waals surface area contributed by atoms with Gasteiger partial charge in [-0.2, -0.15) is 0 Å². The summed E-state index contributed by atoms with van der Waals surface area (Å²) >= 11 is 4.72. The number of carbonyl (C=O) groups excluding carboxylic acids is 3. The molecule has 1 fully saturated rings. The Morgan fingerprint density at radius 2 is 1.70 bits per heavy atom.